The average Bonchev–Trinajstić information content (AvgIpc) is 2.29. The van der Waals surface area contributed by atoms with Crippen molar-refractivity contribution in [3.05, 3.63) is 35.4 Å². The van der Waals surface area contributed by atoms with Crippen LogP contribution in [0.3, 0.4) is 0 Å². The van der Waals surface area contributed by atoms with Gasteiger partial charge in [0.05, 0.1) is 5.71 Å². The number of hydrogen-bond donors (Lipinski definition) is 0. The molecule has 0 unspecified atom stereocenters. The fourth-order valence-electron chi connectivity index (χ4n) is 1.62. The molecule has 3 heteroatoms. The highest BCUT2D eigenvalue weighted by Gasteiger charge is 2.06. The molecule has 0 aliphatic carbocycles. The lowest BCUT2D eigenvalue weighted by Gasteiger charge is -2.08. The van der Waals surface area contributed by atoms with Gasteiger partial charge in [0, 0.05) is 11.4 Å². The Kier molecular flexibility index (Phi) is 5.94. The smallest absolute Gasteiger partial charge is 0.106 e. The van der Waals surface area contributed by atoms with E-state index in [4.69, 9.17) is 16.4 Å². The van der Waals surface area contributed by atoms with Gasteiger partial charge < -0.3 is 4.84 Å². The standard InChI is InChI=1S/C13H18ClNO/c1-11-7-3-4-8-12(11)13(15-16-2)9-5-6-10-14/h3-4,7-8H,5-6,9-10H2,1-2H3/b15-13+. The summed E-state index contributed by atoms with van der Waals surface area (Å²) in [4.78, 5) is 4.90. The van der Waals surface area contributed by atoms with Crippen molar-refractivity contribution in [2.24, 2.45) is 5.16 Å². The van der Waals surface area contributed by atoms with Crippen molar-refractivity contribution in [1.29, 1.82) is 0 Å². The summed E-state index contributed by atoms with van der Waals surface area (Å²) >= 11 is 5.67. The Hall–Kier alpha value is -1.02. The van der Waals surface area contributed by atoms with Gasteiger partial charge in [0.25, 0.3) is 0 Å². The molecule has 0 spiro atoms. The monoisotopic (exact) mass is 239 g/mol. The molecule has 0 bridgehead atoms. The van der Waals surface area contributed by atoms with Gasteiger partial charge in [-0.05, 0) is 31.7 Å². The molecule has 0 amide bonds. The minimum atomic E-state index is 0.702. The van der Waals surface area contributed by atoms with E-state index in [1.807, 2.05) is 12.1 Å². The number of aryl methyl sites for hydroxylation is 1. The number of alkyl halides is 1. The largest absolute Gasteiger partial charge is 0.399 e. The van der Waals surface area contributed by atoms with Crippen LogP contribution in [0.5, 0.6) is 0 Å². The van der Waals surface area contributed by atoms with E-state index in [1.54, 1.807) is 7.11 Å². The van der Waals surface area contributed by atoms with E-state index < -0.39 is 0 Å². The number of halogens is 1. The summed E-state index contributed by atoms with van der Waals surface area (Å²) in [6.07, 6.45) is 2.96. The summed E-state index contributed by atoms with van der Waals surface area (Å²) in [5.41, 5.74) is 3.40. The Balaban J connectivity index is 2.78. The van der Waals surface area contributed by atoms with Gasteiger partial charge in [0.15, 0.2) is 0 Å². The predicted octanol–water partition coefficient (Wildman–Crippen LogP) is 3.75. The van der Waals surface area contributed by atoms with Crippen molar-refractivity contribution in [2.75, 3.05) is 13.0 Å². The Morgan fingerprint density at radius 3 is 2.69 bits per heavy atom. The van der Waals surface area contributed by atoms with E-state index in [-0.39, 0.29) is 0 Å². The zero-order valence-corrected chi connectivity index (χ0v) is 10.6. The molecule has 1 aromatic rings. The average molecular weight is 240 g/mol. The maximum absolute atomic E-state index is 5.67. The highest BCUT2D eigenvalue weighted by atomic mass is 35.5. The van der Waals surface area contributed by atoms with Crippen molar-refractivity contribution in [2.45, 2.75) is 26.2 Å². The van der Waals surface area contributed by atoms with E-state index >= 15 is 0 Å². The van der Waals surface area contributed by atoms with Gasteiger partial charge in [-0.3, -0.25) is 0 Å². The number of nitrogens with zero attached hydrogens (tertiary/aromatic N) is 1. The molecule has 0 N–H and O–H groups in total. The summed E-state index contributed by atoms with van der Waals surface area (Å²) in [6.45, 7) is 2.09. The number of hydrogen-bond acceptors (Lipinski definition) is 2. The van der Waals surface area contributed by atoms with E-state index in [2.05, 4.69) is 24.2 Å². The predicted molar refractivity (Wildman–Crippen MR) is 69.3 cm³/mol. The van der Waals surface area contributed by atoms with E-state index in [1.165, 1.54) is 11.1 Å². The highest BCUT2D eigenvalue weighted by Crippen LogP contribution is 2.13. The van der Waals surface area contributed by atoms with Crippen LogP contribution in [0.2, 0.25) is 0 Å². The van der Waals surface area contributed by atoms with E-state index in [9.17, 15) is 0 Å². The van der Waals surface area contributed by atoms with Crippen molar-refractivity contribution >= 4 is 17.3 Å². The second kappa shape index (κ2) is 7.29. The number of oxime groups is 1. The summed E-state index contributed by atoms with van der Waals surface area (Å²) in [5.74, 6) is 0.702. The quantitative estimate of drug-likeness (QED) is 0.321. The van der Waals surface area contributed by atoms with Crippen LogP contribution in [0.25, 0.3) is 0 Å². The third-order valence-corrected chi connectivity index (χ3v) is 2.72. The lowest BCUT2D eigenvalue weighted by atomic mass is 10.0. The van der Waals surface area contributed by atoms with Crippen LogP contribution >= 0.6 is 11.6 Å². The van der Waals surface area contributed by atoms with Crippen LogP contribution in [0.15, 0.2) is 29.4 Å². The van der Waals surface area contributed by atoms with Crippen LogP contribution in [-0.2, 0) is 4.84 Å². The zero-order chi connectivity index (χ0) is 11.8. The fourth-order valence-corrected chi connectivity index (χ4v) is 1.81. The van der Waals surface area contributed by atoms with E-state index in [0.29, 0.717) is 5.88 Å². The maximum atomic E-state index is 5.67. The normalized spacial score (nSPS) is 11.6. The third kappa shape index (κ3) is 3.86. The van der Waals surface area contributed by atoms with Crippen molar-refractivity contribution in [3.8, 4) is 0 Å². The minimum Gasteiger partial charge on any atom is -0.399 e. The molecule has 1 aromatic carbocycles. The highest BCUT2D eigenvalue weighted by molar-refractivity contribution is 6.17. The van der Waals surface area contributed by atoms with Gasteiger partial charge in [0.1, 0.15) is 7.11 Å². The first-order chi connectivity index (χ1) is 7.79. The lowest BCUT2D eigenvalue weighted by molar-refractivity contribution is 0.212. The van der Waals surface area contributed by atoms with Crippen LogP contribution in [0.4, 0.5) is 0 Å². The van der Waals surface area contributed by atoms with Gasteiger partial charge >= 0.3 is 0 Å². The van der Waals surface area contributed by atoms with Gasteiger partial charge in [-0.25, -0.2) is 0 Å². The first kappa shape index (κ1) is 13.0. The molecule has 2 nitrogen and oxygen atoms in total. The van der Waals surface area contributed by atoms with Crippen molar-refractivity contribution in [3.63, 3.8) is 0 Å². The number of rotatable bonds is 6. The Bertz CT molecular complexity index is 350. The molecular formula is C13H18ClNO. The summed E-state index contributed by atoms with van der Waals surface area (Å²) in [5, 5.41) is 4.10. The maximum Gasteiger partial charge on any atom is 0.106 e. The molecule has 0 fully saturated rings. The van der Waals surface area contributed by atoms with Crippen LogP contribution in [0, 0.1) is 6.92 Å². The molecule has 1 rings (SSSR count). The van der Waals surface area contributed by atoms with Crippen molar-refractivity contribution in [1.82, 2.24) is 0 Å². The van der Waals surface area contributed by atoms with Gasteiger partial charge in [0.2, 0.25) is 0 Å². The first-order valence-electron chi connectivity index (χ1n) is 5.51. The SMILES string of the molecule is CO/N=C(\CCCCCl)c1ccccc1C. The summed E-state index contributed by atoms with van der Waals surface area (Å²) in [7, 11) is 1.58. The molecule has 0 saturated heterocycles. The fraction of sp³-hybridized carbons (Fsp3) is 0.462. The Morgan fingerprint density at radius 2 is 2.06 bits per heavy atom. The lowest BCUT2D eigenvalue weighted by Crippen LogP contribution is -2.04. The minimum absolute atomic E-state index is 0.702. The molecule has 0 radical (unpaired) electrons. The molecule has 0 aliphatic rings. The van der Waals surface area contributed by atoms with Gasteiger partial charge in [-0.15, -0.1) is 11.6 Å². The summed E-state index contributed by atoms with van der Waals surface area (Å²) in [6, 6.07) is 8.22. The second-order valence-corrected chi connectivity index (χ2v) is 4.06. The van der Waals surface area contributed by atoms with Crippen LogP contribution < -0.4 is 0 Å². The molecule has 88 valence electrons. The van der Waals surface area contributed by atoms with Crippen LogP contribution in [-0.4, -0.2) is 18.7 Å². The third-order valence-electron chi connectivity index (χ3n) is 2.45. The molecule has 0 atom stereocenters. The Labute approximate surface area is 102 Å². The second-order valence-electron chi connectivity index (χ2n) is 3.68. The molecule has 0 aromatic heterocycles. The Morgan fingerprint density at radius 1 is 1.31 bits per heavy atom. The zero-order valence-electron chi connectivity index (χ0n) is 9.87. The molecular weight excluding hydrogens is 222 g/mol. The van der Waals surface area contributed by atoms with Crippen LogP contribution in [0.1, 0.15) is 30.4 Å². The van der Waals surface area contributed by atoms with E-state index in [0.717, 1.165) is 25.0 Å². The van der Waals surface area contributed by atoms with Crippen molar-refractivity contribution < 1.29 is 4.84 Å². The molecule has 16 heavy (non-hydrogen) atoms. The summed E-state index contributed by atoms with van der Waals surface area (Å²) < 4.78 is 0. The topological polar surface area (TPSA) is 21.6 Å². The molecule has 0 saturated carbocycles. The van der Waals surface area contributed by atoms with Gasteiger partial charge in [-0.2, -0.15) is 0 Å². The first-order valence-corrected chi connectivity index (χ1v) is 6.05. The molecule has 0 heterocycles. The van der Waals surface area contributed by atoms with Gasteiger partial charge in [-0.1, -0.05) is 29.4 Å². The molecule has 0 aliphatic heterocycles. The number of unbranched alkanes of at least 4 members (excludes halogenated alkanes) is 1. The number of benzene rings is 1.